The van der Waals surface area contributed by atoms with Gasteiger partial charge in [0.15, 0.2) is 0 Å². The van der Waals surface area contributed by atoms with E-state index in [4.69, 9.17) is 0 Å². The minimum absolute atomic E-state index is 0.0974. The van der Waals surface area contributed by atoms with Gasteiger partial charge in [0.25, 0.3) is 5.56 Å². The lowest BCUT2D eigenvalue weighted by Crippen LogP contribution is -2.45. The number of aryl methyl sites for hydroxylation is 1. The maximum absolute atomic E-state index is 11.8. The van der Waals surface area contributed by atoms with E-state index in [1.807, 2.05) is 13.8 Å². The minimum atomic E-state index is -0.0974. The Labute approximate surface area is 125 Å². The second kappa shape index (κ2) is 6.74. The standard InChI is InChI=1S/C15H24N4O2/c1-11(2)8-14(20)17-12-4-6-19(7-5-12)13-9-15(21)18(3)16-10-13/h9-12H,4-8H2,1-3H3,(H,17,20). The summed E-state index contributed by atoms with van der Waals surface area (Å²) < 4.78 is 1.32. The highest BCUT2D eigenvalue weighted by Gasteiger charge is 2.21. The van der Waals surface area contributed by atoms with Crippen molar-refractivity contribution in [2.75, 3.05) is 18.0 Å². The fourth-order valence-corrected chi connectivity index (χ4v) is 2.57. The number of rotatable bonds is 4. The highest BCUT2D eigenvalue weighted by molar-refractivity contribution is 5.76. The van der Waals surface area contributed by atoms with Crippen LogP contribution in [0.25, 0.3) is 0 Å². The summed E-state index contributed by atoms with van der Waals surface area (Å²) in [5, 5.41) is 7.14. The Morgan fingerprint density at radius 2 is 2.10 bits per heavy atom. The Morgan fingerprint density at radius 1 is 1.43 bits per heavy atom. The number of amides is 1. The fourth-order valence-electron chi connectivity index (χ4n) is 2.57. The molecule has 1 saturated heterocycles. The Hall–Kier alpha value is -1.85. The zero-order valence-electron chi connectivity index (χ0n) is 13.0. The van der Waals surface area contributed by atoms with Crippen LogP contribution in [0.15, 0.2) is 17.1 Å². The highest BCUT2D eigenvalue weighted by atomic mass is 16.1. The van der Waals surface area contributed by atoms with Gasteiger partial charge in [-0.05, 0) is 18.8 Å². The van der Waals surface area contributed by atoms with E-state index in [0.717, 1.165) is 31.6 Å². The van der Waals surface area contributed by atoms with Crippen molar-refractivity contribution in [2.45, 2.75) is 39.2 Å². The molecule has 0 atom stereocenters. The zero-order valence-corrected chi connectivity index (χ0v) is 13.0. The number of anilines is 1. The molecule has 1 N–H and O–H groups in total. The predicted molar refractivity (Wildman–Crippen MR) is 82.3 cm³/mol. The molecule has 116 valence electrons. The zero-order chi connectivity index (χ0) is 15.4. The van der Waals surface area contributed by atoms with Crippen LogP contribution >= 0.6 is 0 Å². The molecule has 1 aromatic rings. The van der Waals surface area contributed by atoms with Crippen molar-refractivity contribution in [3.8, 4) is 0 Å². The van der Waals surface area contributed by atoms with E-state index in [-0.39, 0.29) is 17.5 Å². The SMILES string of the molecule is CC(C)CC(=O)NC1CCN(c2cnn(C)c(=O)c2)CC1. The van der Waals surface area contributed by atoms with Gasteiger partial charge in [-0.1, -0.05) is 13.8 Å². The van der Waals surface area contributed by atoms with E-state index in [9.17, 15) is 9.59 Å². The van der Waals surface area contributed by atoms with Gasteiger partial charge < -0.3 is 10.2 Å². The van der Waals surface area contributed by atoms with Crippen molar-refractivity contribution in [2.24, 2.45) is 13.0 Å². The summed E-state index contributed by atoms with van der Waals surface area (Å²) in [6.45, 7) is 5.76. The molecule has 2 heterocycles. The molecule has 6 nitrogen and oxygen atoms in total. The lowest BCUT2D eigenvalue weighted by atomic mass is 10.0. The fraction of sp³-hybridized carbons (Fsp3) is 0.667. The number of nitrogens with one attached hydrogen (secondary N) is 1. The Balaban J connectivity index is 1.87. The third-order valence-electron chi connectivity index (χ3n) is 3.77. The molecule has 1 amide bonds. The van der Waals surface area contributed by atoms with Crippen LogP contribution in [-0.4, -0.2) is 34.8 Å². The monoisotopic (exact) mass is 292 g/mol. The largest absolute Gasteiger partial charge is 0.370 e. The summed E-state index contributed by atoms with van der Waals surface area (Å²) in [6.07, 6.45) is 4.11. The molecule has 6 heteroatoms. The van der Waals surface area contributed by atoms with Crippen molar-refractivity contribution >= 4 is 11.6 Å². The van der Waals surface area contributed by atoms with Crippen molar-refractivity contribution in [1.29, 1.82) is 0 Å². The molecule has 1 fully saturated rings. The molecule has 21 heavy (non-hydrogen) atoms. The second-order valence-corrected chi connectivity index (χ2v) is 6.10. The maximum Gasteiger partial charge on any atom is 0.268 e. The number of aromatic nitrogens is 2. The van der Waals surface area contributed by atoms with E-state index in [1.54, 1.807) is 19.3 Å². The minimum Gasteiger partial charge on any atom is -0.370 e. The topological polar surface area (TPSA) is 67.2 Å². The lowest BCUT2D eigenvalue weighted by Gasteiger charge is -2.33. The van der Waals surface area contributed by atoms with Crippen LogP contribution in [0.2, 0.25) is 0 Å². The number of piperidine rings is 1. The van der Waals surface area contributed by atoms with Gasteiger partial charge >= 0.3 is 0 Å². The van der Waals surface area contributed by atoms with Crippen LogP contribution in [0.4, 0.5) is 5.69 Å². The van der Waals surface area contributed by atoms with Gasteiger partial charge in [0, 0.05) is 38.7 Å². The molecule has 0 radical (unpaired) electrons. The summed E-state index contributed by atoms with van der Waals surface area (Å²) >= 11 is 0. The van der Waals surface area contributed by atoms with Crippen LogP contribution in [-0.2, 0) is 11.8 Å². The van der Waals surface area contributed by atoms with E-state index in [1.165, 1.54) is 4.68 Å². The molecule has 1 aliphatic rings. The van der Waals surface area contributed by atoms with Crippen LogP contribution in [0, 0.1) is 5.92 Å². The summed E-state index contributed by atoms with van der Waals surface area (Å²) in [5.74, 6) is 0.524. The first-order chi connectivity index (χ1) is 9.95. The lowest BCUT2D eigenvalue weighted by molar-refractivity contribution is -0.122. The van der Waals surface area contributed by atoms with Crippen LogP contribution in [0.1, 0.15) is 33.1 Å². The van der Waals surface area contributed by atoms with Crippen molar-refractivity contribution < 1.29 is 4.79 Å². The first-order valence-corrected chi connectivity index (χ1v) is 7.53. The Kier molecular flexibility index (Phi) is 4.98. The number of hydrogen-bond acceptors (Lipinski definition) is 4. The summed E-state index contributed by atoms with van der Waals surface area (Å²) in [7, 11) is 1.64. The van der Waals surface area contributed by atoms with Crippen LogP contribution in [0.3, 0.4) is 0 Å². The number of carbonyl (C=O) groups is 1. The predicted octanol–water partition coefficient (Wildman–Crippen LogP) is 0.911. The number of nitrogens with zero attached hydrogens (tertiary/aromatic N) is 3. The average molecular weight is 292 g/mol. The molecular formula is C15H24N4O2. The molecule has 1 aliphatic heterocycles. The van der Waals surface area contributed by atoms with Gasteiger partial charge in [0.1, 0.15) is 0 Å². The molecule has 0 saturated carbocycles. The van der Waals surface area contributed by atoms with Gasteiger partial charge in [-0.25, -0.2) is 4.68 Å². The molecule has 0 aliphatic carbocycles. The van der Waals surface area contributed by atoms with Gasteiger partial charge in [0.05, 0.1) is 11.9 Å². The van der Waals surface area contributed by atoms with Crippen molar-refractivity contribution in [3.63, 3.8) is 0 Å². The Bertz CT molecular complexity index is 545. The van der Waals surface area contributed by atoms with Crippen molar-refractivity contribution in [1.82, 2.24) is 15.1 Å². The maximum atomic E-state index is 11.8. The summed E-state index contributed by atoms with van der Waals surface area (Å²) in [6, 6.07) is 1.86. The first kappa shape index (κ1) is 15.5. The normalized spacial score (nSPS) is 16.3. The highest BCUT2D eigenvalue weighted by Crippen LogP contribution is 2.17. The first-order valence-electron chi connectivity index (χ1n) is 7.53. The third-order valence-corrected chi connectivity index (χ3v) is 3.77. The van der Waals surface area contributed by atoms with E-state index < -0.39 is 0 Å². The molecule has 1 aromatic heterocycles. The van der Waals surface area contributed by atoms with Crippen molar-refractivity contribution in [3.05, 3.63) is 22.6 Å². The smallest absolute Gasteiger partial charge is 0.268 e. The second-order valence-electron chi connectivity index (χ2n) is 6.10. The number of carbonyl (C=O) groups excluding carboxylic acids is 1. The third kappa shape index (κ3) is 4.31. The molecular weight excluding hydrogens is 268 g/mol. The molecule has 2 rings (SSSR count). The number of hydrogen-bond donors (Lipinski definition) is 1. The molecule has 0 unspecified atom stereocenters. The van der Waals surface area contributed by atoms with Crippen LogP contribution in [0.5, 0.6) is 0 Å². The van der Waals surface area contributed by atoms with E-state index >= 15 is 0 Å². The molecule has 0 spiro atoms. The molecule has 0 aromatic carbocycles. The average Bonchev–Trinajstić information content (AvgIpc) is 2.42. The van der Waals surface area contributed by atoms with Gasteiger partial charge in [-0.3, -0.25) is 9.59 Å². The summed E-state index contributed by atoms with van der Waals surface area (Å²) in [5.41, 5.74) is 0.768. The Morgan fingerprint density at radius 3 is 2.67 bits per heavy atom. The van der Waals surface area contributed by atoms with Crippen LogP contribution < -0.4 is 15.8 Å². The molecule has 0 bridgehead atoms. The van der Waals surface area contributed by atoms with Gasteiger partial charge in [-0.15, -0.1) is 0 Å². The van der Waals surface area contributed by atoms with E-state index in [2.05, 4.69) is 15.3 Å². The summed E-state index contributed by atoms with van der Waals surface area (Å²) in [4.78, 5) is 25.5. The van der Waals surface area contributed by atoms with Gasteiger partial charge in [-0.2, -0.15) is 5.10 Å². The van der Waals surface area contributed by atoms with E-state index in [0.29, 0.717) is 12.3 Å². The van der Waals surface area contributed by atoms with Gasteiger partial charge in [0.2, 0.25) is 5.91 Å². The quantitative estimate of drug-likeness (QED) is 0.896.